The van der Waals surface area contributed by atoms with E-state index in [2.05, 4.69) is 80.1 Å². The number of benzene rings is 2. The predicted molar refractivity (Wildman–Crippen MR) is 143 cm³/mol. The van der Waals surface area contributed by atoms with Crippen LogP contribution in [0, 0.1) is 7.14 Å². The lowest BCUT2D eigenvalue weighted by Crippen LogP contribution is -2.23. The van der Waals surface area contributed by atoms with Crippen LogP contribution in [0.15, 0.2) is 44.7 Å². The Morgan fingerprint density at radius 2 is 1.87 bits per heavy atom. The highest BCUT2D eigenvalue weighted by Crippen LogP contribution is 2.29. The van der Waals surface area contributed by atoms with Crippen molar-refractivity contribution in [2.75, 3.05) is 0 Å². The van der Waals surface area contributed by atoms with E-state index in [9.17, 15) is 4.79 Å². The molecule has 1 heterocycles. The van der Waals surface area contributed by atoms with Crippen LogP contribution in [-0.2, 0) is 0 Å². The molecule has 0 unspecified atom stereocenters. The van der Waals surface area contributed by atoms with Gasteiger partial charge < -0.3 is 4.74 Å². The van der Waals surface area contributed by atoms with E-state index in [4.69, 9.17) is 9.72 Å². The minimum atomic E-state index is -0.169. The minimum Gasteiger partial charge on any atom is -0.489 e. The second-order valence-corrected chi connectivity index (χ2v) is 10.5. The standard InChI is InChI=1S/C22H22BrI2N3O2/c1-5-13(4)21-27-19-7-6-15(23)10-16(19)22(29)28(21)26-11-14-8-17(24)20(18(25)9-14)30-12(2)3/h6-13H,5H2,1-4H3/t13-/m0/s1. The van der Waals surface area contributed by atoms with E-state index in [1.807, 2.05) is 38.1 Å². The van der Waals surface area contributed by atoms with Crippen LogP contribution in [0.2, 0.25) is 0 Å². The summed E-state index contributed by atoms with van der Waals surface area (Å²) in [5.74, 6) is 1.64. The van der Waals surface area contributed by atoms with Gasteiger partial charge in [-0.1, -0.05) is 29.8 Å². The van der Waals surface area contributed by atoms with Crippen molar-refractivity contribution in [3.8, 4) is 5.75 Å². The van der Waals surface area contributed by atoms with E-state index in [0.717, 1.165) is 29.3 Å². The fourth-order valence-corrected chi connectivity index (χ4v) is 5.34. The lowest BCUT2D eigenvalue weighted by Gasteiger charge is -2.15. The third-order valence-electron chi connectivity index (χ3n) is 4.58. The third kappa shape index (κ3) is 5.24. The molecule has 0 saturated heterocycles. The molecule has 0 fully saturated rings. The average molecular weight is 694 g/mol. The van der Waals surface area contributed by atoms with E-state index in [1.165, 1.54) is 4.68 Å². The van der Waals surface area contributed by atoms with Crippen LogP contribution in [0.5, 0.6) is 5.75 Å². The maximum atomic E-state index is 13.2. The molecule has 0 amide bonds. The summed E-state index contributed by atoms with van der Waals surface area (Å²) in [4.78, 5) is 18.0. The largest absolute Gasteiger partial charge is 0.489 e. The van der Waals surface area contributed by atoms with Gasteiger partial charge in [0.05, 0.1) is 30.4 Å². The van der Waals surface area contributed by atoms with Gasteiger partial charge in [-0.2, -0.15) is 9.78 Å². The molecular weight excluding hydrogens is 672 g/mol. The number of rotatable bonds is 6. The first kappa shape index (κ1) is 23.6. The van der Waals surface area contributed by atoms with Gasteiger partial charge in [0.25, 0.3) is 5.56 Å². The molecule has 1 atom stereocenters. The first-order valence-electron chi connectivity index (χ1n) is 9.63. The van der Waals surface area contributed by atoms with Crippen molar-refractivity contribution in [1.29, 1.82) is 0 Å². The van der Waals surface area contributed by atoms with Crippen molar-refractivity contribution in [2.45, 2.75) is 46.1 Å². The Labute approximate surface area is 211 Å². The number of hydrogen-bond donors (Lipinski definition) is 0. The molecule has 3 rings (SSSR count). The zero-order chi connectivity index (χ0) is 22.0. The molecular formula is C22H22BrI2N3O2. The predicted octanol–water partition coefficient (Wildman–Crippen LogP) is 6.55. The molecule has 0 N–H and O–H groups in total. The fraction of sp³-hybridized carbons (Fsp3) is 0.318. The highest BCUT2D eigenvalue weighted by atomic mass is 127. The Balaban J connectivity index is 2.11. The Kier molecular flexibility index (Phi) is 7.94. The van der Waals surface area contributed by atoms with Crippen molar-refractivity contribution in [3.63, 3.8) is 0 Å². The number of halogens is 3. The smallest absolute Gasteiger partial charge is 0.282 e. The van der Waals surface area contributed by atoms with Crippen molar-refractivity contribution in [2.24, 2.45) is 5.10 Å². The number of ether oxygens (including phenoxy) is 1. The number of hydrogen-bond acceptors (Lipinski definition) is 4. The zero-order valence-corrected chi connectivity index (χ0v) is 23.0. The summed E-state index contributed by atoms with van der Waals surface area (Å²) in [6.45, 7) is 8.15. The van der Waals surface area contributed by atoms with E-state index < -0.39 is 0 Å². The molecule has 1 aromatic heterocycles. The Morgan fingerprint density at radius 1 is 1.20 bits per heavy atom. The molecule has 0 aliphatic rings. The van der Waals surface area contributed by atoms with Gasteiger partial charge in [0.1, 0.15) is 11.6 Å². The highest BCUT2D eigenvalue weighted by Gasteiger charge is 2.16. The van der Waals surface area contributed by atoms with Crippen molar-refractivity contribution >= 4 is 78.2 Å². The van der Waals surface area contributed by atoms with E-state index in [1.54, 1.807) is 12.3 Å². The van der Waals surface area contributed by atoms with Crippen LogP contribution in [-0.4, -0.2) is 22.0 Å². The summed E-state index contributed by atoms with van der Waals surface area (Å²) in [6.07, 6.45) is 2.68. The minimum absolute atomic E-state index is 0.102. The maximum Gasteiger partial charge on any atom is 0.282 e. The topological polar surface area (TPSA) is 56.5 Å². The van der Waals surface area contributed by atoms with E-state index in [0.29, 0.717) is 16.7 Å². The summed E-state index contributed by atoms with van der Waals surface area (Å²) in [5, 5.41) is 5.09. The maximum absolute atomic E-state index is 13.2. The lowest BCUT2D eigenvalue weighted by molar-refractivity contribution is 0.239. The van der Waals surface area contributed by atoms with Gasteiger partial charge in [-0.05, 0) is 101 Å². The Morgan fingerprint density at radius 3 is 2.47 bits per heavy atom. The zero-order valence-electron chi connectivity index (χ0n) is 17.1. The van der Waals surface area contributed by atoms with Crippen LogP contribution in [0.1, 0.15) is 51.4 Å². The van der Waals surface area contributed by atoms with Crippen LogP contribution >= 0.6 is 61.1 Å². The molecule has 0 aliphatic carbocycles. The molecule has 0 saturated carbocycles. The number of aromatic nitrogens is 2. The van der Waals surface area contributed by atoms with Gasteiger partial charge in [-0.25, -0.2) is 4.98 Å². The van der Waals surface area contributed by atoms with Crippen LogP contribution in [0.25, 0.3) is 10.9 Å². The molecule has 0 bridgehead atoms. The quantitative estimate of drug-likeness (QED) is 0.218. The molecule has 0 radical (unpaired) electrons. The monoisotopic (exact) mass is 693 g/mol. The van der Waals surface area contributed by atoms with Gasteiger partial charge in [0.2, 0.25) is 0 Å². The van der Waals surface area contributed by atoms with Gasteiger partial charge in [-0.3, -0.25) is 4.79 Å². The summed E-state index contributed by atoms with van der Waals surface area (Å²) in [6, 6.07) is 9.55. The molecule has 8 heteroatoms. The first-order valence-corrected chi connectivity index (χ1v) is 12.6. The first-order chi connectivity index (χ1) is 14.2. The molecule has 5 nitrogen and oxygen atoms in total. The summed E-state index contributed by atoms with van der Waals surface area (Å²) in [5.41, 5.74) is 1.41. The fourth-order valence-electron chi connectivity index (χ4n) is 2.91. The van der Waals surface area contributed by atoms with Crippen molar-refractivity contribution in [3.05, 3.63) is 63.7 Å². The SMILES string of the molecule is CC[C@H](C)c1nc2ccc(Br)cc2c(=O)n1N=Cc1cc(I)c(OC(C)C)c(I)c1. The average Bonchev–Trinajstić information content (AvgIpc) is 2.69. The summed E-state index contributed by atoms with van der Waals surface area (Å²) >= 11 is 7.97. The normalized spacial score (nSPS) is 12.8. The van der Waals surface area contributed by atoms with Crippen LogP contribution in [0.3, 0.4) is 0 Å². The molecule has 0 aliphatic heterocycles. The second-order valence-electron chi connectivity index (χ2n) is 7.28. The van der Waals surface area contributed by atoms with Gasteiger partial charge >= 0.3 is 0 Å². The Hall–Kier alpha value is -1.01. The lowest BCUT2D eigenvalue weighted by atomic mass is 10.1. The molecule has 3 aromatic rings. The molecule has 30 heavy (non-hydrogen) atoms. The molecule has 2 aromatic carbocycles. The number of nitrogens with zero attached hydrogens (tertiary/aromatic N) is 3. The van der Waals surface area contributed by atoms with Crippen molar-refractivity contribution in [1.82, 2.24) is 9.66 Å². The third-order valence-corrected chi connectivity index (χ3v) is 6.68. The van der Waals surface area contributed by atoms with Gasteiger partial charge in [0.15, 0.2) is 0 Å². The molecule has 0 spiro atoms. The number of fused-ring (bicyclic) bond motifs is 1. The second kappa shape index (κ2) is 10.1. The Bertz CT molecular complexity index is 1150. The molecule has 158 valence electrons. The van der Waals surface area contributed by atoms with Gasteiger partial charge in [-0.15, -0.1) is 0 Å². The van der Waals surface area contributed by atoms with Crippen LogP contribution in [0.4, 0.5) is 0 Å². The summed E-state index contributed by atoms with van der Waals surface area (Å²) < 4.78 is 10.2. The van der Waals surface area contributed by atoms with Gasteiger partial charge in [0, 0.05) is 10.4 Å². The van der Waals surface area contributed by atoms with E-state index >= 15 is 0 Å². The van der Waals surface area contributed by atoms with Crippen molar-refractivity contribution < 1.29 is 4.74 Å². The van der Waals surface area contributed by atoms with Crippen LogP contribution < -0.4 is 10.3 Å². The summed E-state index contributed by atoms with van der Waals surface area (Å²) in [7, 11) is 0. The highest BCUT2D eigenvalue weighted by molar-refractivity contribution is 14.1. The van der Waals surface area contributed by atoms with E-state index in [-0.39, 0.29) is 17.6 Å².